The van der Waals surface area contributed by atoms with Crippen molar-refractivity contribution in [3.05, 3.63) is 98.9 Å². The lowest BCUT2D eigenvalue weighted by atomic mass is 10.2. The smallest absolute Gasteiger partial charge is 0.343 e. The van der Waals surface area contributed by atoms with Crippen LogP contribution in [0.5, 0.6) is 11.5 Å². The number of halogens is 1. The van der Waals surface area contributed by atoms with E-state index >= 15 is 0 Å². The van der Waals surface area contributed by atoms with E-state index in [0.29, 0.717) is 27.5 Å². The highest BCUT2D eigenvalue weighted by atomic mass is 79.9. The van der Waals surface area contributed by atoms with E-state index in [1.165, 1.54) is 4.90 Å². The third-order valence-corrected chi connectivity index (χ3v) is 6.53. The highest BCUT2D eigenvalue weighted by Gasteiger charge is 2.35. The molecule has 0 unspecified atom stereocenters. The average molecular weight is 524 g/mol. The number of carbonyl (C=O) groups is 3. The second kappa shape index (κ2) is 10.1. The van der Waals surface area contributed by atoms with E-state index in [9.17, 15) is 14.4 Å². The summed E-state index contributed by atoms with van der Waals surface area (Å²) in [6, 6.07) is 20.8. The van der Waals surface area contributed by atoms with Gasteiger partial charge in [-0.05, 0) is 71.4 Å². The number of methoxy groups -OCH3 is 1. The fraction of sp³-hybridized carbons (Fsp3) is 0.0800. The predicted molar refractivity (Wildman–Crippen MR) is 130 cm³/mol. The Morgan fingerprint density at radius 1 is 1.00 bits per heavy atom. The summed E-state index contributed by atoms with van der Waals surface area (Å²) in [5.74, 6) is 0.101. The minimum Gasteiger partial charge on any atom is -0.497 e. The second-order valence-corrected chi connectivity index (χ2v) is 8.90. The molecule has 1 aliphatic rings. The van der Waals surface area contributed by atoms with Gasteiger partial charge in [-0.2, -0.15) is 0 Å². The summed E-state index contributed by atoms with van der Waals surface area (Å²) in [5.41, 5.74) is 1.87. The van der Waals surface area contributed by atoms with Gasteiger partial charge in [0, 0.05) is 4.47 Å². The maximum Gasteiger partial charge on any atom is 0.343 e. The van der Waals surface area contributed by atoms with Crippen LogP contribution in [-0.4, -0.2) is 29.1 Å². The van der Waals surface area contributed by atoms with Crippen LogP contribution in [0.25, 0.3) is 6.08 Å². The molecule has 3 aromatic rings. The molecule has 1 saturated heterocycles. The molecule has 166 valence electrons. The molecule has 1 fully saturated rings. The van der Waals surface area contributed by atoms with Gasteiger partial charge < -0.3 is 9.47 Å². The minimum atomic E-state index is -0.511. The first-order valence-corrected chi connectivity index (χ1v) is 11.5. The number of nitrogens with zero attached hydrogens (tertiary/aromatic N) is 1. The van der Waals surface area contributed by atoms with Crippen LogP contribution in [0.4, 0.5) is 4.79 Å². The van der Waals surface area contributed by atoms with Gasteiger partial charge in [0.1, 0.15) is 11.5 Å². The third kappa shape index (κ3) is 5.35. The normalized spacial score (nSPS) is 14.6. The summed E-state index contributed by atoms with van der Waals surface area (Å²) < 4.78 is 11.4. The lowest BCUT2D eigenvalue weighted by Gasteiger charge is -2.13. The van der Waals surface area contributed by atoms with Gasteiger partial charge in [0.15, 0.2) is 0 Å². The highest BCUT2D eigenvalue weighted by molar-refractivity contribution is 9.10. The Morgan fingerprint density at radius 2 is 1.76 bits per heavy atom. The number of carbonyl (C=O) groups excluding carboxylic acids is 3. The first-order chi connectivity index (χ1) is 15.9. The third-order valence-electron chi connectivity index (χ3n) is 4.85. The fourth-order valence-electron chi connectivity index (χ4n) is 3.15. The second-order valence-electron chi connectivity index (χ2n) is 7.05. The molecule has 0 N–H and O–H groups in total. The van der Waals surface area contributed by atoms with Gasteiger partial charge >= 0.3 is 5.97 Å². The van der Waals surface area contributed by atoms with Gasteiger partial charge in [-0.25, -0.2) is 4.79 Å². The Bertz CT molecular complexity index is 1260. The molecule has 0 atom stereocenters. The summed E-state index contributed by atoms with van der Waals surface area (Å²) in [7, 11) is 1.55. The average Bonchev–Trinajstić information content (AvgIpc) is 3.08. The first-order valence-electron chi connectivity index (χ1n) is 9.89. The lowest BCUT2D eigenvalue weighted by Crippen LogP contribution is -2.27. The Kier molecular flexibility index (Phi) is 6.96. The molecule has 0 aliphatic carbocycles. The minimum absolute atomic E-state index is 0.183. The number of esters is 1. The number of hydrogen-bond donors (Lipinski definition) is 0. The highest BCUT2D eigenvalue weighted by Crippen LogP contribution is 2.34. The summed E-state index contributed by atoms with van der Waals surface area (Å²) in [6.07, 6.45) is 1.62. The van der Waals surface area contributed by atoms with E-state index < -0.39 is 5.97 Å². The molecule has 0 bridgehead atoms. The van der Waals surface area contributed by atoms with E-state index in [2.05, 4.69) is 15.9 Å². The maximum absolute atomic E-state index is 12.8. The zero-order valence-electron chi connectivity index (χ0n) is 17.5. The van der Waals surface area contributed by atoms with Gasteiger partial charge in [-0.1, -0.05) is 46.3 Å². The molecule has 1 aliphatic heterocycles. The van der Waals surface area contributed by atoms with Crippen molar-refractivity contribution in [2.45, 2.75) is 6.54 Å². The van der Waals surface area contributed by atoms with Crippen LogP contribution in [0, 0.1) is 0 Å². The van der Waals surface area contributed by atoms with Crippen molar-refractivity contribution in [3.63, 3.8) is 0 Å². The van der Waals surface area contributed by atoms with Crippen LogP contribution in [0.15, 0.2) is 82.2 Å². The lowest BCUT2D eigenvalue weighted by molar-refractivity contribution is -0.123. The van der Waals surface area contributed by atoms with Crippen LogP contribution >= 0.6 is 27.7 Å². The number of rotatable bonds is 6. The molecular formula is C25H18BrNO5S. The summed E-state index contributed by atoms with van der Waals surface area (Å²) in [5, 5.41) is -0.330. The quantitative estimate of drug-likeness (QED) is 0.227. The molecular weight excluding hydrogens is 506 g/mol. The van der Waals surface area contributed by atoms with Gasteiger partial charge in [-0.15, -0.1) is 0 Å². The van der Waals surface area contributed by atoms with Crippen molar-refractivity contribution in [2.75, 3.05) is 7.11 Å². The number of thioether (sulfide) groups is 1. The van der Waals surface area contributed by atoms with E-state index in [1.54, 1.807) is 61.7 Å². The van der Waals surface area contributed by atoms with Crippen LogP contribution in [0.1, 0.15) is 21.5 Å². The van der Waals surface area contributed by atoms with Crippen molar-refractivity contribution < 1.29 is 23.9 Å². The van der Waals surface area contributed by atoms with Crippen molar-refractivity contribution >= 4 is 50.9 Å². The molecule has 8 heteroatoms. The van der Waals surface area contributed by atoms with Crippen LogP contribution in [0.2, 0.25) is 0 Å². The number of benzene rings is 3. The van der Waals surface area contributed by atoms with Crippen LogP contribution < -0.4 is 9.47 Å². The van der Waals surface area contributed by atoms with E-state index in [-0.39, 0.29) is 17.7 Å². The van der Waals surface area contributed by atoms with Gasteiger partial charge in [0.25, 0.3) is 11.1 Å². The summed E-state index contributed by atoms with van der Waals surface area (Å²) >= 11 is 4.33. The molecule has 3 aromatic carbocycles. The van der Waals surface area contributed by atoms with Crippen molar-refractivity contribution in [1.29, 1.82) is 0 Å². The molecule has 4 rings (SSSR count). The molecule has 2 amide bonds. The zero-order valence-corrected chi connectivity index (χ0v) is 19.9. The van der Waals surface area contributed by atoms with Crippen molar-refractivity contribution in [2.24, 2.45) is 0 Å². The van der Waals surface area contributed by atoms with Gasteiger partial charge in [0.2, 0.25) is 0 Å². The standard InChI is InChI=1S/C25H18BrNO5S/c1-31-19-11-9-17(10-12-19)24(29)32-20-7-4-5-16(13-20)14-22-23(28)27(25(30)33-22)15-18-6-2-3-8-21(18)26/h2-14H,15H2,1H3/b22-14-. The number of ether oxygens (including phenoxy) is 2. The molecule has 0 radical (unpaired) electrons. The number of amides is 2. The van der Waals surface area contributed by atoms with Crippen molar-refractivity contribution in [1.82, 2.24) is 4.90 Å². The maximum atomic E-state index is 12.8. The molecule has 1 heterocycles. The van der Waals surface area contributed by atoms with Crippen LogP contribution in [0.3, 0.4) is 0 Å². The van der Waals surface area contributed by atoms with E-state index in [4.69, 9.17) is 9.47 Å². The monoisotopic (exact) mass is 523 g/mol. The molecule has 0 saturated carbocycles. The number of hydrogen-bond acceptors (Lipinski definition) is 6. The topological polar surface area (TPSA) is 72.9 Å². The Balaban J connectivity index is 1.48. The van der Waals surface area contributed by atoms with Crippen LogP contribution in [-0.2, 0) is 11.3 Å². The molecule has 6 nitrogen and oxygen atoms in total. The van der Waals surface area contributed by atoms with E-state index in [1.807, 2.05) is 24.3 Å². The first kappa shape index (κ1) is 22.8. The van der Waals surface area contributed by atoms with Gasteiger partial charge in [-0.3, -0.25) is 14.5 Å². The zero-order chi connectivity index (χ0) is 23.4. The SMILES string of the molecule is COc1ccc(C(=O)Oc2cccc(/C=C3\SC(=O)N(Cc4ccccc4Br)C3=O)c2)cc1. The Labute approximate surface area is 203 Å². The van der Waals surface area contributed by atoms with Crippen molar-refractivity contribution in [3.8, 4) is 11.5 Å². The number of imide groups is 1. The Hall–Kier alpha value is -3.36. The molecule has 0 aromatic heterocycles. The molecule has 0 spiro atoms. The van der Waals surface area contributed by atoms with E-state index in [0.717, 1.165) is 21.8 Å². The Morgan fingerprint density at radius 3 is 2.48 bits per heavy atom. The van der Waals surface area contributed by atoms with Gasteiger partial charge in [0.05, 0.1) is 24.1 Å². The largest absolute Gasteiger partial charge is 0.497 e. The summed E-state index contributed by atoms with van der Waals surface area (Å²) in [4.78, 5) is 39.2. The molecule has 33 heavy (non-hydrogen) atoms. The summed E-state index contributed by atoms with van der Waals surface area (Å²) in [6.45, 7) is 0.183. The predicted octanol–water partition coefficient (Wildman–Crippen LogP) is 5.91. The fourth-order valence-corrected chi connectivity index (χ4v) is 4.39.